The van der Waals surface area contributed by atoms with Crippen molar-refractivity contribution in [3.8, 4) is 5.75 Å². The number of aryl methyl sites for hydroxylation is 4. The summed E-state index contributed by atoms with van der Waals surface area (Å²) in [4.78, 5) is 0.582. The van der Waals surface area contributed by atoms with E-state index >= 15 is 0 Å². The van der Waals surface area contributed by atoms with Gasteiger partial charge in [-0.1, -0.05) is 6.07 Å². The van der Waals surface area contributed by atoms with Gasteiger partial charge in [-0.15, -0.1) is 11.3 Å². The van der Waals surface area contributed by atoms with Crippen LogP contribution in [-0.2, 0) is 13.0 Å². The molecular formula is C13H16N2OS. The summed E-state index contributed by atoms with van der Waals surface area (Å²) < 4.78 is 1.94. The molecule has 0 atom stereocenters. The molecule has 2 rings (SSSR count). The van der Waals surface area contributed by atoms with Crippen LogP contribution < -0.4 is 4.80 Å². The zero-order chi connectivity index (χ0) is 12.4. The zero-order valence-corrected chi connectivity index (χ0v) is 10.8. The highest BCUT2D eigenvalue weighted by Crippen LogP contribution is 2.21. The summed E-state index contributed by atoms with van der Waals surface area (Å²) in [5, 5.41) is 19.2. The van der Waals surface area contributed by atoms with Crippen LogP contribution in [0.2, 0.25) is 0 Å². The van der Waals surface area contributed by atoms with Crippen molar-refractivity contribution in [3.63, 3.8) is 0 Å². The van der Waals surface area contributed by atoms with E-state index in [2.05, 4.69) is 0 Å². The second-order valence-corrected chi connectivity index (χ2v) is 5.11. The number of hydrogen-bond acceptors (Lipinski definition) is 3. The highest BCUT2D eigenvalue weighted by molar-refractivity contribution is 7.06. The molecule has 0 amide bonds. The molecule has 0 unspecified atom stereocenters. The Labute approximate surface area is 104 Å². The Morgan fingerprint density at radius 2 is 2.06 bits per heavy atom. The molecule has 0 spiro atoms. The van der Waals surface area contributed by atoms with Crippen LogP contribution in [0.5, 0.6) is 5.75 Å². The molecule has 0 bridgehead atoms. The van der Waals surface area contributed by atoms with Crippen LogP contribution in [0, 0.1) is 19.3 Å². The number of nitrogens with one attached hydrogen (secondary N) is 1. The monoisotopic (exact) mass is 248 g/mol. The number of nitrogens with zero attached hydrogens (tertiary/aromatic N) is 1. The van der Waals surface area contributed by atoms with Gasteiger partial charge in [-0.25, -0.2) is 0 Å². The molecule has 2 aromatic rings. The number of thiazole rings is 1. The van der Waals surface area contributed by atoms with E-state index in [0.29, 0.717) is 10.6 Å². The van der Waals surface area contributed by atoms with Gasteiger partial charge in [-0.05, 0) is 43.0 Å². The maximum Gasteiger partial charge on any atom is 0.181 e. The van der Waals surface area contributed by atoms with Crippen molar-refractivity contribution in [2.75, 3.05) is 0 Å². The van der Waals surface area contributed by atoms with Gasteiger partial charge >= 0.3 is 0 Å². The fraction of sp³-hybridized carbons (Fsp3) is 0.308. The van der Waals surface area contributed by atoms with Crippen molar-refractivity contribution in [3.05, 3.63) is 45.2 Å². The highest BCUT2D eigenvalue weighted by atomic mass is 32.1. The lowest BCUT2D eigenvalue weighted by atomic mass is 10.0. The van der Waals surface area contributed by atoms with E-state index in [1.165, 1.54) is 16.9 Å². The van der Waals surface area contributed by atoms with Crippen LogP contribution >= 0.6 is 11.3 Å². The van der Waals surface area contributed by atoms with E-state index in [9.17, 15) is 5.11 Å². The van der Waals surface area contributed by atoms with Crippen LogP contribution in [0.4, 0.5) is 0 Å². The van der Waals surface area contributed by atoms with Crippen LogP contribution in [0.25, 0.3) is 0 Å². The van der Waals surface area contributed by atoms with Gasteiger partial charge in [0.2, 0.25) is 0 Å². The molecular weight excluding hydrogens is 232 g/mol. The predicted molar refractivity (Wildman–Crippen MR) is 69.4 cm³/mol. The Kier molecular flexibility index (Phi) is 3.33. The van der Waals surface area contributed by atoms with E-state index in [1.54, 1.807) is 0 Å². The minimum atomic E-state index is 0.357. The largest absolute Gasteiger partial charge is 0.508 e. The summed E-state index contributed by atoms with van der Waals surface area (Å²) in [6.07, 6.45) is 2.83. The lowest BCUT2D eigenvalue weighted by Gasteiger charge is -2.09. The molecule has 0 aliphatic heterocycles. The molecule has 17 heavy (non-hydrogen) atoms. The number of phenolic OH excluding ortho intramolecular Hbond substituents is 1. The molecule has 3 nitrogen and oxygen atoms in total. The summed E-state index contributed by atoms with van der Waals surface area (Å²) >= 11 is 1.44. The van der Waals surface area contributed by atoms with Gasteiger partial charge < -0.3 is 9.67 Å². The van der Waals surface area contributed by atoms with E-state index in [0.717, 1.165) is 24.1 Å². The minimum Gasteiger partial charge on any atom is -0.508 e. The number of aromatic hydroxyl groups is 1. The summed E-state index contributed by atoms with van der Waals surface area (Å²) in [6, 6.07) is 3.84. The number of phenols is 1. The van der Waals surface area contributed by atoms with Crippen molar-refractivity contribution in [2.45, 2.75) is 26.8 Å². The molecule has 2 N–H and O–H groups in total. The van der Waals surface area contributed by atoms with Gasteiger partial charge in [-0.2, -0.15) is 0 Å². The van der Waals surface area contributed by atoms with E-state index in [-0.39, 0.29) is 0 Å². The van der Waals surface area contributed by atoms with Crippen molar-refractivity contribution >= 4 is 11.3 Å². The van der Waals surface area contributed by atoms with Gasteiger partial charge in [-0.3, -0.25) is 5.41 Å². The first kappa shape index (κ1) is 11.9. The van der Waals surface area contributed by atoms with Gasteiger partial charge in [0, 0.05) is 18.1 Å². The Morgan fingerprint density at radius 1 is 1.29 bits per heavy atom. The molecule has 90 valence electrons. The minimum absolute atomic E-state index is 0.357. The Morgan fingerprint density at radius 3 is 2.71 bits per heavy atom. The predicted octanol–water partition coefficient (Wildman–Crippen LogP) is 2.59. The molecule has 1 aromatic heterocycles. The van der Waals surface area contributed by atoms with Gasteiger partial charge in [0.1, 0.15) is 5.75 Å². The average molecular weight is 248 g/mol. The van der Waals surface area contributed by atoms with Gasteiger partial charge in [0.25, 0.3) is 0 Å². The smallest absolute Gasteiger partial charge is 0.181 e. The summed E-state index contributed by atoms with van der Waals surface area (Å²) in [5.41, 5.74) is 3.25. The fourth-order valence-corrected chi connectivity index (χ4v) is 2.48. The zero-order valence-electron chi connectivity index (χ0n) is 10.0. The second kappa shape index (κ2) is 4.75. The summed E-state index contributed by atoms with van der Waals surface area (Å²) in [5.74, 6) is 0.357. The number of rotatable bonds is 3. The van der Waals surface area contributed by atoms with Crippen LogP contribution in [0.1, 0.15) is 16.7 Å². The topological polar surface area (TPSA) is 49.0 Å². The molecule has 0 saturated heterocycles. The molecule has 4 heteroatoms. The van der Waals surface area contributed by atoms with Crippen LogP contribution in [0.3, 0.4) is 0 Å². The first-order valence-electron chi connectivity index (χ1n) is 5.55. The maximum absolute atomic E-state index is 9.59. The third-order valence-electron chi connectivity index (χ3n) is 2.96. The van der Waals surface area contributed by atoms with Crippen molar-refractivity contribution in [1.82, 2.24) is 4.57 Å². The molecule has 0 aliphatic carbocycles. The normalized spacial score (nSPS) is 10.7. The highest BCUT2D eigenvalue weighted by Gasteiger charge is 2.04. The van der Waals surface area contributed by atoms with E-state index in [4.69, 9.17) is 5.41 Å². The number of benzene rings is 1. The van der Waals surface area contributed by atoms with Gasteiger partial charge in [0.15, 0.2) is 4.80 Å². The third kappa shape index (κ3) is 2.58. The molecule has 1 heterocycles. The average Bonchev–Trinajstić information content (AvgIpc) is 2.68. The van der Waals surface area contributed by atoms with Crippen molar-refractivity contribution in [1.29, 1.82) is 5.41 Å². The first-order chi connectivity index (χ1) is 8.08. The molecule has 0 radical (unpaired) electrons. The van der Waals surface area contributed by atoms with Crippen LogP contribution in [-0.4, -0.2) is 9.67 Å². The van der Waals surface area contributed by atoms with Gasteiger partial charge in [0.05, 0.1) is 0 Å². The number of hydrogen-bond donors (Lipinski definition) is 2. The van der Waals surface area contributed by atoms with Crippen molar-refractivity contribution in [2.24, 2.45) is 0 Å². The van der Waals surface area contributed by atoms with Crippen molar-refractivity contribution < 1.29 is 5.11 Å². The lowest BCUT2D eigenvalue weighted by Crippen LogP contribution is -2.13. The van der Waals surface area contributed by atoms with E-state index < -0.39 is 0 Å². The molecule has 0 aliphatic rings. The van der Waals surface area contributed by atoms with E-state index in [1.807, 2.05) is 42.1 Å². The Bertz CT molecular complexity index is 583. The molecule has 1 aromatic carbocycles. The molecule has 0 fully saturated rings. The Balaban J connectivity index is 2.17. The standard InChI is InChI=1S/C13H16N2OS/c1-9-8-12(16)10(2)7-11(9)3-4-15-5-6-17-13(15)14/h5-8,14,16H,3-4H2,1-2H3. The molecule has 0 saturated carbocycles. The SMILES string of the molecule is Cc1cc(CCn2ccsc2=N)c(C)cc1O. The lowest BCUT2D eigenvalue weighted by molar-refractivity contribution is 0.470. The first-order valence-corrected chi connectivity index (χ1v) is 6.43. The maximum atomic E-state index is 9.59. The summed E-state index contributed by atoms with van der Waals surface area (Å²) in [6.45, 7) is 4.73. The van der Waals surface area contributed by atoms with Crippen LogP contribution in [0.15, 0.2) is 23.7 Å². The summed E-state index contributed by atoms with van der Waals surface area (Å²) in [7, 11) is 0. The fourth-order valence-electron chi connectivity index (χ4n) is 1.85. The number of aromatic nitrogens is 1. The third-order valence-corrected chi connectivity index (χ3v) is 3.67. The second-order valence-electron chi connectivity index (χ2n) is 4.22. The quantitative estimate of drug-likeness (QED) is 0.861. The Hall–Kier alpha value is -1.55.